The van der Waals surface area contributed by atoms with Crippen molar-refractivity contribution in [1.82, 2.24) is 0 Å². The second kappa shape index (κ2) is 7.11. The van der Waals surface area contributed by atoms with Crippen LogP contribution in [0.4, 0.5) is 0 Å². The molecule has 1 atom stereocenters. The van der Waals surface area contributed by atoms with Crippen LogP contribution in [0.5, 0.6) is 11.5 Å². The number of rotatable bonds is 5. The Morgan fingerprint density at radius 1 is 1.25 bits per heavy atom. The largest absolute Gasteiger partial charge is 0.493 e. The maximum Gasteiger partial charge on any atom is 0.161 e. The van der Waals surface area contributed by atoms with E-state index in [0.717, 1.165) is 28.4 Å². The molecule has 0 aliphatic heterocycles. The Labute approximate surface area is 133 Å². The lowest BCUT2D eigenvalue weighted by atomic mass is 9.95. The zero-order chi connectivity index (χ0) is 14.5. The summed E-state index contributed by atoms with van der Waals surface area (Å²) in [5.74, 6) is 1.71. The Balaban J connectivity index is 2.31. The number of halogens is 1. The average Bonchev–Trinajstić information content (AvgIpc) is 2.61. The molecule has 20 heavy (non-hydrogen) atoms. The summed E-state index contributed by atoms with van der Waals surface area (Å²) in [6.07, 6.45) is 6.55. The van der Waals surface area contributed by atoms with Gasteiger partial charge >= 0.3 is 0 Å². The number of carbonyl (C=O) groups is 1. The van der Waals surface area contributed by atoms with E-state index < -0.39 is 0 Å². The standard InChI is InChI=1S/C16H19IO3/c1-19-15-9-12-6-5-11(4-3-7-17)14(18)8-13(12)10-16(15)20-2/h5-6,9-11H,3-4,7-8H2,1-2H3. The third-order valence-electron chi connectivity index (χ3n) is 3.58. The van der Waals surface area contributed by atoms with Gasteiger partial charge in [-0.15, -0.1) is 0 Å². The van der Waals surface area contributed by atoms with Gasteiger partial charge in [0.15, 0.2) is 11.5 Å². The molecule has 1 aliphatic carbocycles. The molecule has 0 radical (unpaired) electrons. The van der Waals surface area contributed by atoms with Crippen molar-refractivity contribution in [3.63, 3.8) is 0 Å². The van der Waals surface area contributed by atoms with Gasteiger partial charge in [-0.2, -0.15) is 0 Å². The fraction of sp³-hybridized carbons (Fsp3) is 0.438. The van der Waals surface area contributed by atoms with Gasteiger partial charge in [-0.05, 0) is 40.5 Å². The van der Waals surface area contributed by atoms with E-state index in [1.54, 1.807) is 14.2 Å². The second-order valence-corrected chi connectivity index (χ2v) is 5.92. The molecule has 3 nitrogen and oxygen atoms in total. The fourth-order valence-electron chi connectivity index (χ4n) is 2.45. The summed E-state index contributed by atoms with van der Waals surface area (Å²) in [6.45, 7) is 0. The van der Waals surface area contributed by atoms with E-state index in [1.165, 1.54) is 0 Å². The van der Waals surface area contributed by atoms with Gasteiger partial charge in [-0.1, -0.05) is 34.7 Å². The highest BCUT2D eigenvalue weighted by atomic mass is 127. The van der Waals surface area contributed by atoms with Gasteiger partial charge in [0.05, 0.1) is 14.2 Å². The topological polar surface area (TPSA) is 35.5 Å². The number of carbonyl (C=O) groups excluding carboxylic acids is 1. The number of fused-ring (bicyclic) bond motifs is 1. The Morgan fingerprint density at radius 2 is 1.95 bits per heavy atom. The number of alkyl halides is 1. The number of allylic oxidation sites excluding steroid dienone is 1. The molecule has 0 amide bonds. The van der Waals surface area contributed by atoms with Gasteiger partial charge in [0.25, 0.3) is 0 Å². The first-order chi connectivity index (χ1) is 9.69. The van der Waals surface area contributed by atoms with E-state index in [-0.39, 0.29) is 11.7 Å². The molecule has 1 aliphatic rings. The zero-order valence-corrected chi connectivity index (χ0v) is 14.0. The van der Waals surface area contributed by atoms with Crippen LogP contribution in [0.15, 0.2) is 18.2 Å². The van der Waals surface area contributed by atoms with Crippen molar-refractivity contribution in [2.45, 2.75) is 19.3 Å². The summed E-state index contributed by atoms with van der Waals surface area (Å²) in [7, 11) is 3.24. The molecule has 0 spiro atoms. The summed E-state index contributed by atoms with van der Waals surface area (Å²) in [5.41, 5.74) is 2.06. The summed E-state index contributed by atoms with van der Waals surface area (Å²) in [4.78, 5) is 12.3. The third kappa shape index (κ3) is 3.34. The molecule has 0 N–H and O–H groups in total. The number of Topliss-reactive ketones (excluding diaryl/α,β-unsaturated/α-hetero) is 1. The predicted molar refractivity (Wildman–Crippen MR) is 88.9 cm³/mol. The normalized spacial score (nSPS) is 17.6. The van der Waals surface area contributed by atoms with Crippen molar-refractivity contribution >= 4 is 34.5 Å². The molecule has 0 bridgehead atoms. The first-order valence-electron chi connectivity index (χ1n) is 6.71. The van der Waals surface area contributed by atoms with Crippen LogP contribution >= 0.6 is 22.6 Å². The van der Waals surface area contributed by atoms with E-state index in [4.69, 9.17) is 9.47 Å². The minimum atomic E-state index is 0.0363. The molecule has 1 aromatic carbocycles. The van der Waals surface area contributed by atoms with Crippen molar-refractivity contribution in [2.75, 3.05) is 18.6 Å². The Bertz CT molecular complexity index is 523. The van der Waals surface area contributed by atoms with Crippen LogP contribution in [0.2, 0.25) is 0 Å². The van der Waals surface area contributed by atoms with Gasteiger partial charge in [0.2, 0.25) is 0 Å². The zero-order valence-electron chi connectivity index (χ0n) is 11.8. The lowest BCUT2D eigenvalue weighted by Crippen LogP contribution is -2.14. The predicted octanol–water partition coefficient (Wildman–Crippen LogP) is 3.67. The summed E-state index contributed by atoms with van der Waals surface area (Å²) >= 11 is 2.35. The lowest BCUT2D eigenvalue weighted by Gasteiger charge is -2.12. The van der Waals surface area contributed by atoms with E-state index in [0.29, 0.717) is 17.9 Å². The first-order valence-corrected chi connectivity index (χ1v) is 8.24. The second-order valence-electron chi connectivity index (χ2n) is 4.85. The van der Waals surface area contributed by atoms with Crippen LogP contribution in [0.25, 0.3) is 6.08 Å². The fourth-order valence-corrected chi connectivity index (χ4v) is 2.89. The van der Waals surface area contributed by atoms with E-state index in [1.807, 2.05) is 24.3 Å². The highest BCUT2D eigenvalue weighted by Crippen LogP contribution is 2.33. The molecular weight excluding hydrogens is 367 g/mol. The van der Waals surface area contributed by atoms with E-state index in [9.17, 15) is 4.79 Å². The molecule has 4 heteroatoms. The van der Waals surface area contributed by atoms with Crippen molar-refractivity contribution in [3.05, 3.63) is 29.3 Å². The van der Waals surface area contributed by atoms with E-state index >= 15 is 0 Å². The monoisotopic (exact) mass is 386 g/mol. The lowest BCUT2D eigenvalue weighted by molar-refractivity contribution is -0.120. The van der Waals surface area contributed by atoms with Gasteiger partial charge in [-0.25, -0.2) is 0 Å². The average molecular weight is 386 g/mol. The van der Waals surface area contributed by atoms with Crippen LogP contribution in [-0.2, 0) is 11.2 Å². The molecule has 108 valence electrons. The van der Waals surface area contributed by atoms with Crippen LogP contribution in [0, 0.1) is 5.92 Å². The minimum absolute atomic E-state index is 0.0363. The van der Waals surface area contributed by atoms with Crippen molar-refractivity contribution in [3.8, 4) is 11.5 Å². The number of hydrogen-bond acceptors (Lipinski definition) is 3. The number of hydrogen-bond donors (Lipinski definition) is 0. The van der Waals surface area contributed by atoms with Crippen molar-refractivity contribution in [2.24, 2.45) is 5.92 Å². The maximum absolute atomic E-state index is 12.3. The van der Waals surface area contributed by atoms with Gasteiger partial charge in [-0.3, -0.25) is 4.79 Å². The summed E-state index contributed by atoms with van der Waals surface area (Å²) in [6, 6.07) is 3.86. The summed E-state index contributed by atoms with van der Waals surface area (Å²) in [5, 5.41) is 0. The quantitative estimate of drug-likeness (QED) is 0.572. The highest BCUT2D eigenvalue weighted by molar-refractivity contribution is 14.1. The Hall–Kier alpha value is -1.04. The maximum atomic E-state index is 12.3. The van der Waals surface area contributed by atoms with Crippen LogP contribution < -0.4 is 9.47 Å². The summed E-state index contributed by atoms with van der Waals surface area (Å²) < 4.78 is 11.7. The van der Waals surface area contributed by atoms with Crippen molar-refractivity contribution < 1.29 is 14.3 Å². The van der Waals surface area contributed by atoms with E-state index in [2.05, 4.69) is 22.6 Å². The molecule has 0 fully saturated rings. The number of methoxy groups -OCH3 is 2. The SMILES string of the molecule is COc1cc2c(cc1OC)CC(=O)C(CCCI)C=C2. The molecule has 0 aromatic heterocycles. The molecule has 0 saturated heterocycles. The molecular formula is C16H19IO3. The number of ether oxygens (including phenoxy) is 2. The van der Waals surface area contributed by atoms with Crippen LogP contribution in [0.1, 0.15) is 24.0 Å². The van der Waals surface area contributed by atoms with Crippen LogP contribution in [-0.4, -0.2) is 24.4 Å². The smallest absolute Gasteiger partial charge is 0.161 e. The molecule has 1 aromatic rings. The molecule has 2 rings (SSSR count). The molecule has 0 heterocycles. The Morgan fingerprint density at radius 3 is 2.60 bits per heavy atom. The minimum Gasteiger partial charge on any atom is -0.493 e. The third-order valence-corrected chi connectivity index (χ3v) is 4.34. The van der Waals surface area contributed by atoms with Gasteiger partial charge < -0.3 is 9.47 Å². The van der Waals surface area contributed by atoms with Gasteiger partial charge in [0.1, 0.15) is 5.78 Å². The highest BCUT2D eigenvalue weighted by Gasteiger charge is 2.21. The van der Waals surface area contributed by atoms with Crippen LogP contribution in [0.3, 0.4) is 0 Å². The van der Waals surface area contributed by atoms with Gasteiger partial charge in [0, 0.05) is 12.3 Å². The number of ketones is 1. The number of benzene rings is 1. The molecule has 0 saturated carbocycles. The molecule has 1 unspecified atom stereocenters. The van der Waals surface area contributed by atoms with Crippen molar-refractivity contribution in [1.29, 1.82) is 0 Å². The Kier molecular flexibility index (Phi) is 5.46. The first kappa shape index (κ1) is 15.4.